The first-order chi connectivity index (χ1) is 10.3. The van der Waals surface area contributed by atoms with Gasteiger partial charge in [-0.05, 0) is 18.2 Å². The van der Waals surface area contributed by atoms with Crippen molar-refractivity contribution in [2.24, 2.45) is 5.73 Å². The summed E-state index contributed by atoms with van der Waals surface area (Å²) in [7, 11) is -3.69. The lowest BCUT2D eigenvalue weighted by molar-refractivity contribution is -0.118. The van der Waals surface area contributed by atoms with E-state index in [0.29, 0.717) is 32.7 Å². The maximum atomic E-state index is 13.1. The predicted molar refractivity (Wildman–Crippen MR) is 80.4 cm³/mol. The van der Waals surface area contributed by atoms with Crippen molar-refractivity contribution in [3.8, 4) is 0 Å². The topological polar surface area (TPSA) is 83.7 Å². The minimum Gasteiger partial charge on any atom is -0.370 e. The van der Waals surface area contributed by atoms with Crippen LogP contribution in [0.3, 0.4) is 0 Å². The molecule has 22 heavy (non-hydrogen) atoms. The molecule has 2 N–H and O–H groups in total. The van der Waals surface area contributed by atoms with Crippen molar-refractivity contribution in [2.75, 3.05) is 32.7 Å². The van der Waals surface area contributed by atoms with E-state index in [1.54, 1.807) is 0 Å². The van der Waals surface area contributed by atoms with Gasteiger partial charge in [-0.3, -0.25) is 4.79 Å². The molecule has 1 aromatic carbocycles. The highest BCUT2D eigenvalue weighted by atomic mass is 35.5. The number of sulfonamides is 1. The van der Waals surface area contributed by atoms with E-state index in [4.69, 9.17) is 17.3 Å². The zero-order valence-electron chi connectivity index (χ0n) is 11.8. The molecule has 0 atom stereocenters. The van der Waals surface area contributed by atoms with Gasteiger partial charge in [-0.1, -0.05) is 11.6 Å². The first-order valence-corrected chi connectivity index (χ1v) is 8.58. The summed E-state index contributed by atoms with van der Waals surface area (Å²) >= 11 is 5.64. The second kappa shape index (κ2) is 6.91. The molecule has 122 valence electrons. The van der Waals surface area contributed by atoms with E-state index in [1.807, 2.05) is 4.90 Å². The van der Waals surface area contributed by atoms with Gasteiger partial charge in [0.2, 0.25) is 15.9 Å². The first-order valence-electron chi connectivity index (χ1n) is 6.76. The number of benzene rings is 1. The number of hydrogen-bond acceptors (Lipinski definition) is 4. The van der Waals surface area contributed by atoms with Gasteiger partial charge >= 0.3 is 0 Å². The second-order valence-electron chi connectivity index (χ2n) is 5.04. The van der Waals surface area contributed by atoms with Crippen LogP contribution < -0.4 is 5.73 Å². The Hall–Kier alpha value is -1.22. The maximum Gasteiger partial charge on any atom is 0.243 e. The van der Waals surface area contributed by atoms with Crippen LogP contribution in [-0.2, 0) is 14.8 Å². The lowest BCUT2D eigenvalue weighted by Gasteiger charge is -2.33. The summed E-state index contributed by atoms with van der Waals surface area (Å²) in [6, 6.07) is 3.36. The Balaban J connectivity index is 2.03. The average molecular weight is 350 g/mol. The van der Waals surface area contributed by atoms with Crippen molar-refractivity contribution in [3.05, 3.63) is 29.0 Å². The zero-order valence-corrected chi connectivity index (χ0v) is 13.4. The van der Waals surface area contributed by atoms with Crippen molar-refractivity contribution < 1.29 is 17.6 Å². The molecule has 1 fully saturated rings. The number of primary amides is 1. The van der Waals surface area contributed by atoms with Crippen LogP contribution in [0, 0.1) is 5.82 Å². The summed E-state index contributed by atoms with van der Waals surface area (Å²) in [6.45, 7) is 2.15. The van der Waals surface area contributed by atoms with Crippen LogP contribution in [0.2, 0.25) is 5.02 Å². The SMILES string of the molecule is NC(=O)CCN1CCN(S(=O)(=O)c2ccc(F)c(Cl)c2)CC1. The summed E-state index contributed by atoms with van der Waals surface area (Å²) in [5.41, 5.74) is 5.09. The predicted octanol–water partition coefficient (Wildman–Crippen LogP) is 0.661. The number of halogens is 2. The third-order valence-electron chi connectivity index (χ3n) is 3.53. The van der Waals surface area contributed by atoms with E-state index in [0.717, 1.165) is 12.1 Å². The summed E-state index contributed by atoms with van der Waals surface area (Å²) in [4.78, 5) is 12.7. The number of nitrogens with two attached hydrogens (primary N) is 1. The number of amides is 1. The molecule has 9 heteroatoms. The molecular weight excluding hydrogens is 333 g/mol. The zero-order chi connectivity index (χ0) is 16.3. The molecule has 1 heterocycles. The lowest BCUT2D eigenvalue weighted by Crippen LogP contribution is -2.49. The molecular formula is C13H17ClFN3O3S. The van der Waals surface area contributed by atoms with Gasteiger partial charge in [-0.15, -0.1) is 0 Å². The van der Waals surface area contributed by atoms with Gasteiger partial charge in [0.05, 0.1) is 9.92 Å². The Kier molecular flexibility index (Phi) is 5.38. The molecule has 0 aromatic heterocycles. The largest absolute Gasteiger partial charge is 0.370 e. The minimum atomic E-state index is -3.69. The summed E-state index contributed by atoms with van der Waals surface area (Å²) in [5, 5.41) is -0.221. The molecule has 0 bridgehead atoms. The molecule has 1 aliphatic heterocycles. The molecule has 1 saturated heterocycles. The highest BCUT2D eigenvalue weighted by Crippen LogP contribution is 2.23. The van der Waals surface area contributed by atoms with Crippen LogP contribution in [0.15, 0.2) is 23.1 Å². The number of rotatable bonds is 5. The molecule has 1 aliphatic rings. The molecule has 6 nitrogen and oxygen atoms in total. The molecule has 0 radical (unpaired) electrons. The van der Waals surface area contributed by atoms with Crippen LogP contribution in [0.4, 0.5) is 4.39 Å². The minimum absolute atomic E-state index is 0.0236. The Morgan fingerprint density at radius 2 is 1.91 bits per heavy atom. The fourth-order valence-corrected chi connectivity index (χ4v) is 3.94. The standard InChI is InChI=1S/C13H17ClFN3O3S/c14-11-9-10(1-2-12(11)15)22(20,21)18-7-5-17(6-8-18)4-3-13(16)19/h1-2,9H,3-8H2,(H2,16,19). The molecule has 0 unspecified atom stereocenters. The van der Waals surface area contributed by atoms with Gasteiger partial charge in [0.15, 0.2) is 0 Å². The molecule has 2 rings (SSSR count). The van der Waals surface area contributed by atoms with Gasteiger partial charge in [-0.2, -0.15) is 4.31 Å². The normalized spacial score (nSPS) is 17.5. The van der Waals surface area contributed by atoms with E-state index >= 15 is 0 Å². The number of nitrogens with zero attached hydrogens (tertiary/aromatic N) is 2. The van der Waals surface area contributed by atoms with E-state index < -0.39 is 15.8 Å². The fraction of sp³-hybridized carbons (Fsp3) is 0.462. The van der Waals surface area contributed by atoms with E-state index in [2.05, 4.69) is 0 Å². The Morgan fingerprint density at radius 1 is 1.27 bits per heavy atom. The van der Waals surface area contributed by atoms with Crippen LogP contribution in [0.1, 0.15) is 6.42 Å². The van der Waals surface area contributed by atoms with Crippen molar-refractivity contribution in [1.82, 2.24) is 9.21 Å². The molecule has 0 spiro atoms. The van der Waals surface area contributed by atoms with Gasteiger partial charge < -0.3 is 10.6 Å². The summed E-state index contributed by atoms with van der Waals surface area (Å²) < 4.78 is 39.4. The fourth-order valence-electron chi connectivity index (χ4n) is 2.25. The molecule has 0 aliphatic carbocycles. The van der Waals surface area contributed by atoms with Crippen molar-refractivity contribution >= 4 is 27.5 Å². The highest BCUT2D eigenvalue weighted by molar-refractivity contribution is 7.89. The quantitative estimate of drug-likeness (QED) is 0.846. The monoisotopic (exact) mass is 349 g/mol. The van der Waals surface area contributed by atoms with Gasteiger partial charge in [0, 0.05) is 39.1 Å². The Morgan fingerprint density at radius 3 is 2.45 bits per heavy atom. The van der Waals surface area contributed by atoms with Crippen LogP contribution >= 0.6 is 11.6 Å². The molecule has 1 amide bonds. The lowest BCUT2D eigenvalue weighted by atomic mass is 10.3. The third kappa shape index (κ3) is 3.95. The second-order valence-corrected chi connectivity index (χ2v) is 7.38. The number of carbonyl (C=O) groups is 1. The number of carbonyl (C=O) groups excluding carboxylic acids is 1. The molecule has 1 aromatic rings. The van der Waals surface area contributed by atoms with Crippen molar-refractivity contribution in [2.45, 2.75) is 11.3 Å². The van der Waals surface area contributed by atoms with Crippen LogP contribution in [0.25, 0.3) is 0 Å². The molecule has 0 saturated carbocycles. The van der Waals surface area contributed by atoms with Crippen LogP contribution in [0.5, 0.6) is 0 Å². The average Bonchev–Trinajstić information content (AvgIpc) is 2.48. The van der Waals surface area contributed by atoms with Gasteiger partial charge in [-0.25, -0.2) is 12.8 Å². The summed E-state index contributed by atoms with van der Waals surface area (Å²) in [5.74, 6) is -1.03. The van der Waals surface area contributed by atoms with Crippen LogP contribution in [-0.4, -0.2) is 56.3 Å². The number of hydrogen-bond donors (Lipinski definition) is 1. The number of piperazine rings is 1. The maximum absolute atomic E-state index is 13.1. The first kappa shape index (κ1) is 17.1. The highest BCUT2D eigenvalue weighted by Gasteiger charge is 2.28. The Bertz CT molecular complexity index is 660. The van der Waals surface area contributed by atoms with E-state index in [1.165, 1.54) is 10.4 Å². The van der Waals surface area contributed by atoms with E-state index in [-0.39, 0.29) is 22.2 Å². The van der Waals surface area contributed by atoms with Gasteiger partial charge in [0.25, 0.3) is 0 Å². The van der Waals surface area contributed by atoms with Gasteiger partial charge in [0.1, 0.15) is 5.82 Å². The third-order valence-corrected chi connectivity index (χ3v) is 5.72. The van der Waals surface area contributed by atoms with Crippen molar-refractivity contribution in [1.29, 1.82) is 0 Å². The van der Waals surface area contributed by atoms with Crippen molar-refractivity contribution in [3.63, 3.8) is 0 Å². The van der Waals surface area contributed by atoms with E-state index in [9.17, 15) is 17.6 Å². The summed E-state index contributed by atoms with van der Waals surface area (Å²) in [6.07, 6.45) is 0.250. The smallest absolute Gasteiger partial charge is 0.243 e. The Labute approximate surface area is 133 Å².